The summed E-state index contributed by atoms with van der Waals surface area (Å²) in [6, 6.07) is 3.06. The molecule has 1 amide bonds. The van der Waals surface area contributed by atoms with Crippen molar-refractivity contribution in [2.24, 2.45) is 5.92 Å². The molecule has 1 unspecified atom stereocenters. The van der Waals surface area contributed by atoms with Crippen LogP contribution in [0.5, 0.6) is 11.5 Å². The van der Waals surface area contributed by atoms with Crippen molar-refractivity contribution in [2.75, 3.05) is 19.7 Å². The van der Waals surface area contributed by atoms with Crippen molar-refractivity contribution < 1.29 is 14.6 Å². The smallest absolute Gasteiger partial charge is 0.254 e. The molecule has 1 aliphatic rings. The highest BCUT2D eigenvalue weighted by Gasteiger charge is 2.23. The van der Waals surface area contributed by atoms with Crippen molar-refractivity contribution in [3.05, 3.63) is 22.7 Å². The first-order chi connectivity index (χ1) is 9.52. The highest BCUT2D eigenvalue weighted by atomic mass is 35.5. The Balaban J connectivity index is 2.25. The minimum Gasteiger partial charge on any atom is -0.503 e. The van der Waals surface area contributed by atoms with Gasteiger partial charge in [-0.05, 0) is 37.8 Å². The zero-order valence-electron chi connectivity index (χ0n) is 11.9. The molecule has 0 aliphatic carbocycles. The molecule has 2 rings (SSSR count). The summed E-state index contributed by atoms with van der Waals surface area (Å²) >= 11 is 5.97. The van der Waals surface area contributed by atoms with Gasteiger partial charge in [0.25, 0.3) is 5.91 Å². The molecule has 1 aliphatic heterocycles. The minimum atomic E-state index is -0.114. The largest absolute Gasteiger partial charge is 0.503 e. The van der Waals surface area contributed by atoms with Gasteiger partial charge in [0, 0.05) is 18.7 Å². The summed E-state index contributed by atoms with van der Waals surface area (Å²) in [5.74, 6) is 0.608. The fourth-order valence-corrected chi connectivity index (χ4v) is 2.73. The normalized spacial score (nSPS) is 18.9. The van der Waals surface area contributed by atoms with Crippen molar-refractivity contribution >= 4 is 17.5 Å². The number of phenolic OH excluding ortho intramolecular Hbond substituents is 1. The number of hydrogen-bond acceptors (Lipinski definition) is 3. The van der Waals surface area contributed by atoms with Crippen LogP contribution in [0.15, 0.2) is 12.1 Å². The molecular weight excluding hydrogens is 278 g/mol. The lowest BCUT2D eigenvalue weighted by Crippen LogP contribution is -2.39. The topological polar surface area (TPSA) is 49.8 Å². The van der Waals surface area contributed by atoms with Crippen LogP contribution in [0.4, 0.5) is 0 Å². The molecule has 0 radical (unpaired) electrons. The quantitative estimate of drug-likeness (QED) is 0.931. The molecule has 1 fully saturated rings. The number of benzene rings is 1. The Morgan fingerprint density at radius 3 is 2.95 bits per heavy atom. The van der Waals surface area contributed by atoms with E-state index in [0.29, 0.717) is 18.1 Å². The maximum atomic E-state index is 12.5. The molecule has 4 nitrogen and oxygen atoms in total. The summed E-state index contributed by atoms with van der Waals surface area (Å²) < 4.78 is 5.31. The van der Waals surface area contributed by atoms with Crippen LogP contribution in [0, 0.1) is 5.92 Å². The Labute approximate surface area is 124 Å². The van der Waals surface area contributed by atoms with Crippen LogP contribution >= 0.6 is 11.6 Å². The van der Waals surface area contributed by atoms with Gasteiger partial charge < -0.3 is 14.7 Å². The van der Waals surface area contributed by atoms with Gasteiger partial charge in [-0.1, -0.05) is 18.5 Å². The first-order valence-corrected chi connectivity index (χ1v) is 7.35. The summed E-state index contributed by atoms with van der Waals surface area (Å²) in [7, 11) is 0. The zero-order valence-corrected chi connectivity index (χ0v) is 12.6. The number of amides is 1. The Hall–Kier alpha value is -1.42. The molecule has 1 aromatic rings. The van der Waals surface area contributed by atoms with E-state index in [1.54, 1.807) is 6.07 Å². The Kier molecular flexibility index (Phi) is 4.76. The van der Waals surface area contributed by atoms with E-state index >= 15 is 0 Å². The van der Waals surface area contributed by atoms with E-state index in [1.165, 1.54) is 6.07 Å². The molecule has 1 heterocycles. The Morgan fingerprint density at radius 1 is 1.55 bits per heavy atom. The van der Waals surface area contributed by atoms with E-state index in [4.69, 9.17) is 16.3 Å². The molecule has 1 N–H and O–H groups in total. The number of halogens is 1. The first-order valence-electron chi connectivity index (χ1n) is 6.97. The molecule has 1 saturated heterocycles. The third-order valence-electron chi connectivity index (χ3n) is 3.52. The van der Waals surface area contributed by atoms with Crippen LogP contribution in [0.2, 0.25) is 5.02 Å². The van der Waals surface area contributed by atoms with E-state index in [9.17, 15) is 9.90 Å². The second kappa shape index (κ2) is 6.35. The number of phenols is 1. The minimum absolute atomic E-state index is 0.0561. The van der Waals surface area contributed by atoms with Gasteiger partial charge in [0.2, 0.25) is 0 Å². The Bertz CT molecular complexity index is 504. The summed E-state index contributed by atoms with van der Waals surface area (Å²) in [5.41, 5.74) is 0.463. The maximum absolute atomic E-state index is 12.5. The molecule has 0 bridgehead atoms. The van der Waals surface area contributed by atoms with Crippen LogP contribution in [-0.4, -0.2) is 35.6 Å². The number of ether oxygens (including phenoxy) is 1. The standard InChI is InChI=1S/C15H20ClNO3/c1-3-20-13-8-11(7-12(16)14(13)18)15(19)17-6-4-5-10(2)9-17/h7-8,10,18H,3-6,9H2,1-2H3. The summed E-state index contributed by atoms with van der Waals surface area (Å²) in [6.45, 7) is 5.90. The second-order valence-electron chi connectivity index (χ2n) is 5.24. The van der Waals surface area contributed by atoms with Gasteiger partial charge in [-0.3, -0.25) is 4.79 Å². The third kappa shape index (κ3) is 3.18. The van der Waals surface area contributed by atoms with Gasteiger partial charge in [0.05, 0.1) is 11.6 Å². The van der Waals surface area contributed by atoms with Crippen molar-refractivity contribution in [3.8, 4) is 11.5 Å². The Morgan fingerprint density at radius 2 is 2.30 bits per heavy atom. The average molecular weight is 298 g/mol. The van der Waals surface area contributed by atoms with Crippen LogP contribution in [-0.2, 0) is 0 Å². The second-order valence-corrected chi connectivity index (χ2v) is 5.64. The highest BCUT2D eigenvalue weighted by molar-refractivity contribution is 6.32. The zero-order chi connectivity index (χ0) is 14.7. The number of carbonyl (C=O) groups excluding carboxylic acids is 1. The fraction of sp³-hybridized carbons (Fsp3) is 0.533. The van der Waals surface area contributed by atoms with Crippen molar-refractivity contribution in [3.63, 3.8) is 0 Å². The predicted octanol–water partition coefficient (Wildman–Crippen LogP) is 3.32. The van der Waals surface area contributed by atoms with E-state index in [1.807, 2.05) is 11.8 Å². The molecule has 0 aromatic heterocycles. The van der Waals surface area contributed by atoms with Gasteiger partial charge in [0.1, 0.15) is 0 Å². The van der Waals surface area contributed by atoms with E-state index in [2.05, 4.69) is 6.92 Å². The highest BCUT2D eigenvalue weighted by Crippen LogP contribution is 2.35. The van der Waals surface area contributed by atoms with Gasteiger partial charge in [-0.25, -0.2) is 0 Å². The number of likely N-dealkylation sites (tertiary alicyclic amines) is 1. The van der Waals surface area contributed by atoms with Gasteiger partial charge in [-0.15, -0.1) is 0 Å². The van der Waals surface area contributed by atoms with Crippen molar-refractivity contribution in [1.29, 1.82) is 0 Å². The molecular formula is C15H20ClNO3. The summed E-state index contributed by atoms with van der Waals surface area (Å²) in [4.78, 5) is 14.3. The maximum Gasteiger partial charge on any atom is 0.254 e. The summed E-state index contributed by atoms with van der Waals surface area (Å²) in [6.07, 6.45) is 2.18. The lowest BCUT2D eigenvalue weighted by molar-refractivity contribution is 0.0682. The number of hydrogen-bond donors (Lipinski definition) is 1. The first kappa shape index (κ1) is 15.0. The average Bonchev–Trinajstić information content (AvgIpc) is 2.43. The number of piperidine rings is 1. The molecule has 1 aromatic carbocycles. The summed E-state index contributed by atoms with van der Waals surface area (Å²) in [5, 5.41) is 9.95. The van der Waals surface area contributed by atoms with Gasteiger partial charge in [0.15, 0.2) is 11.5 Å². The number of rotatable bonds is 3. The predicted molar refractivity (Wildman–Crippen MR) is 78.6 cm³/mol. The van der Waals surface area contributed by atoms with E-state index < -0.39 is 0 Å². The molecule has 0 saturated carbocycles. The lowest BCUT2D eigenvalue weighted by Gasteiger charge is -2.31. The van der Waals surface area contributed by atoms with Crippen LogP contribution < -0.4 is 4.74 Å². The third-order valence-corrected chi connectivity index (χ3v) is 3.81. The number of nitrogens with zero attached hydrogens (tertiary/aromatic N) is 1. The van der Waals surface area contributed by atoms with Crippen LogP contribution in [0.25, 0.3) is 0 Å². The van der Waals surface area contributed by atoms with Gasteiger partial charge >= 0.3 is 0 Å². The molecule has 1 atom stereocenters. The molecule has 20 heavy (non-hydrogen) atoms. The van der Waals surface area contributed by atoms with E-state index in [0.717, 1.165) is 25.9 Å². The van der Waals surface area contributed by atoms with Gasteiger partial charge in [-0.2, -0.15) is 0 Å². The monoisotopic (exact) mass is 297 g/mol. The fourth-order valence-electron chi connectivity index (χ4n) is 2.52. The SMILES string of the molecule is CCOc1cc(C(=O)N2CCCC(C)C2)cc(Cl)c1O. The molecule has 110 valence electrons. The van der Waals surface area contributed by atoms with Crippen LogP contribution in [0.3, 0.4) is 0 Å². The van der Waals surface area contributed by atoms with Crippen molar-refractivity contribution in [1.82, 2.24) is 4.90 Å². The number of carbonyl (C=O) groups is 1. The van der Waals surface area contributed by atoms with Crippen molar-refractivity contribution in [2.45, 2.75) is 26.7 Å². The molecule has 0 spiro atoms. The van der Waals surface area contributed by atoms with E-state index in [-0.39, 0.29) is 22.4 Å². The number of aromatic hydroxyl groups is 1. The lowest BCUT2D eigenvalue weighted by atomic mass is 9.99. The van der Waals surface area contributed by atoms with Crippen LogP contribution in [0.1, 0.15) is 37.0 Å². The molecule has 5 heteroatoms.